The van der Waals surface area contributed by atoms with Crippen molar-refractivity contribution < 1.29 is 9.32 Å². The molecule has 3 rings (SSSR count). The molecule has 5 nitrogen and oxygen atoms in total. The van der Waals surface area contributed by atoms with E-state index in [-0.39, 0.29) is 18.4 Å². The molecule has 0 unspecified atom stereocenters. The van der Waals surface area contributed by atoms with Crippen LogP contribution in [0.2, 0.25) is 0 Å². The number of amides is 1. The number of carbonyl (C=O) groups excluding carboxylic acids is 1. The van der Waals surface area contributed by atoms with E-state index >= 15 is 0 Å². The van der Waals surface area contributed by atoms with Gasteiger partial charge in [0.05, 0.1) is 12.5 Å². The molecular formula is C20H21N3O2. The highest BCUT2D eigenvalue weighted by atomic mass is 16.5. The average Bonchev–Trinajstić information content (AvgIpc) is 3.13. The Balaban J connectivity index is 1.49. The number of nitrogens with zero attached hydrogens (tertiary/aromatic N) is 2. The molecule has 0 spiro atoms. The lowest BCUT2D eigenvalue weighted by Crippen LogP contribution is -2.27. The summed E-state index contributed by atoms with van der Waals surface area (Å²) in [5.41, 5.74) is 2.21. The van der Waals surface area contributed by atoms with Crippen molar-refractivity contribution in [2.24, 2.45) is 0 Å². The van der Waals surface area contributed by atoms with Gasteiger partial charge in [0, 0.05) is 6.42 Å². The quantitative estimate of drug-likeness (QED) is 0.719. The molecule has 0 bridgehead atoms. The number of aromatic nitrogens is 2. The molecule has 0 saturated heterocycles. The first kappa shape index (κ1) is 16.9. The zero-order valence-corrected chi connectivity index (χ0v) is 14.2. The Kier molecular flexibility index (Phi) is 5.57. The maximum Gasteiger partial charge on any atom is 0.227 e. The van der Waals surface area contributed by atoms with E-state index in [9.17, 15) is 4.79 Å². The van der Waals surface area contributed by atoms with Gasteiger partial charge in [0.15, 0.2) is 5.82 Å². The zero-order valence-electron chi connectivity index (χ0n) is 14.2. The number of nitrogens with one attached hydrogen (secondary N) is 1. The molecule has 0 aliphatic carbocycles. The van der Waals surface area contributed by atoms with E-state index in [1.165, 1.54) is 5.56 Å². The van der Waals surface area contributed by atoms with Gasteiger partial charge in [-0.15, -0.1) is 0 Å². The molecular weight excluding hydrogens is 314 g/mol. The number of carbonyl (C=O) groups is 1. The first-order valence-corrected chi connectivity index (χ1v) is 8.40. The number of aryl methyl sites for hydroxylation is 2. The number of rotatable bonds is 7. The predicted octanol–water partition coefficient (Wildman–Crippen LogP) is 3.27. The Morgan fingerprint density at radius 3 is 2.44 bits per heavy atom. The van der Waals surface area contributed by atoms with Crippen molar-refractivity contribution in [2.45, 2.75) is 32.2 Å². The van der Waals surface area contributed by atoms with Gasteiger partial charge in [-0.25, -0.2) is 0 Å². The van der Waals surface area contributed by atoms with Gasteiger partial charge in [-0.2, -0.15) is 4.98 Å². The van der Waals surface area contributed by atoms with Crippen LogP contribution in [0.4, 0.5) is 0 Å². The van der Waals surface area contributed by atoms with Crippen molar-refractivity contribution in [1.29, 1.82) is 0 Å². The lowest BCUT2D eigenvalue weighted by atomic mass is 10.0. The van der Waals surface area contributed by atoms with E-state index in [1.807, 2.05) is 55.5 Å². The average molecular weight is 335 g/mol. The summed E-state index contributed by atoms with van der Waals surface area (Å²) >= 11 is 0. The third-order valence-electron chi connectivity index (χ3n) is 4.09. The SMILES string of the molecule is C[C@@H](C(=O)NCc1noc(CCc2ccccc2)n1)c1ccccc1. The molecule has 0 fully saturated rings. The van der Waals surface area contributed by atoms with Gasteiger partial charge in [-0.05, 0) is 24.5 Å². The second kappa shape index (κ2) is 8.24. The van der Waals surface area contributed by atoms with Crippen molar-refractivity contribution in [3.8, 4) is 0 Å². The van der Waals surface area contributed by atoms with E-state index in [0.717, 1.165) is 12.0 Å². The van der Waals surface area contributed by atoms with Crippen LogP contribution in [0.25, 0.3) is 0 Å². The Hall–Kier alpha value is -2.95. The summed E-state index contributed by atoms with van der Waals surface area (Å²) in [7, 11) is 0. The summed E-state index contributed by atoms with van der Waals surface area (Å²) in [6.07, 6.45) is 1.53. The molecule has 1 heterocycles. The van der Waals surface area contributed by atoms with Crippen molar-refractivity contribution >= 4 is 5.91 Å². The highest BCUT2D eigenvalue weighted by Gasteiger charge is 2.15. The topological polar surface area (TPSA) is 68.0 Å². The maximum absolute atomic E-state index is 12.2. The summed E-state index contributed by atoms with van der Waals surface area (Å²) in [4.78, 5) is 16.6. The molecule has 1 N–H and O–H groups in total. The van der Waals surface area contributed by atoms with Crippen LogP contribution >= 0.6 is 0 Å². The summed E-state index contributed by atoms with van der Waals surface area (Å²) in [6, 6.07) is 19.8. The molecule has 25 heavy (non-hydrogen) atoms. The minimum Gasteiger partial charge on any atom is -0.348 e. The molecule has 0 radical (unpaired) electrons. The van der Waals surface area contributed by atoms with Gasteiger partial charge < -0.3 is 9.84 Å². The lowest BCUT2D eigenvalue weighted by Gasteiger charge is -2.11. The smallest absolute Gasteiger partial charge is 0.227 e. The second-order valence-corrected chi connectivity index (χ2v) is 5.94. The van der Waals surface area contributed by atoms with Crippen molar-refractivity contribution in [1.82, 2.24) is 15.5 Å². The second-order valence-electron chi connectivity index (χ2n) is 5.94. The third-order valence-corrected chi connectivity index (χ3v) is 4.09. The van der Waals surface area contributed by atoms with Gasteiger partial charge in [0.25, 0.3) is 0 Å². The molecule has 0 aliphatic heterocycles. The molecule has 1 amide bonds. The van der Waals surface area contributed by atoms with Crippen LogP contribution in [0, 0.1) is 0 Å². The zero-order chi connectivity index (χ0) is 17.5. The molecule has 2 aromatic carbocycles. The highest BCUT2D eigenvalue weighted by molar-refractivity contribution is 5.83. The molecule has 0 aliphatic rings. The summed E-state index contributed by atoms with van der Waals surface area (Å²) in [6.45, 7) is 2.15. The fourth-order valence-corrected chi connectivity index (χ4v) is 2.57. The minimum atomic E-state index is -0.217. The van der Waals surface area contributed by atoms with Gasteiger partial charge in [0.1, 0.15) is 0 Å². The van der Waals surface area contributed by atoms with Gasteiger partial charge in [0.2, 0.25) is 11.8 Å². The van der Waals surface area contributed by atoms with Crippen LogP contribution in [-0.4, -0.2) is 16.0 Å². The fourth-order valence-electron chi connectivity index (χ4n) is 2.57. The van der Waals surface area contributed by atoms with E-state index < -0.39 is 0 Å². The molecule has 128 valence electrons. The van der Waals surface area contributed by atoms with Crippen LogP contribution in [-0.2, 0) is 24.2 Å². The van der Waals surface area contributed by atoms with Gasteiger partial charge in [-0.3, -0.25) is 4.79 Å². The minimum absolute atomic E-state index is 0.0539. The van der Waals surface area contributed by atoms with Crippen molar-refractivity contribution in [3.05, 3.63) is 83.5 Å². The predicted molar refractivity (Wildman–Crippen MR) is 94.9 cm³/mol. The number of hydrogen-bond donors (Lipinski definition) is 1. The highest BCUT2D eigenvalue weighted by Crippen LogP contribution is 2.14. The lowest BCUT2D eigenvalue weighted by molar-refractivity contribution is -0.122. The van der Waals surface area contributed by atoms with E-state index in [2.05, 4.69) is 27.6 Å². The van der Waals surface area contributed by atoms with Gasteiger partial charge >= 0.3 is 0 Å². The molecule has 1 atom stereocenters. The summed E-state index contributed by atoms with van der Waals surface area (Å²) in [5, 5.41) is 6.79. The Morgan fingerprint density at radius 1 is 1.04 bits per heavy atom. The molecule has 5 heteroatoms. The van der Waals surface area contributed by atoms with Crippen molar-refractivity contribution in [3.63, 3.8) is 0 Å². The Labute approximate surface area is 147 Å². The molecule has 1 aromatic heterocycles. The van der Waals surface area contributed by atoms with Crippen molar-refractivity contribution in [2.75, 3.05) is 0 Å². The normalized spacial score (nSPS) is 11.9. The maximum atomic E-state index is 12.2. The molecule has 0 saturated carbocycles. The largest absolute Gasteiger partial charge is 0.348 e. The van der Waals surface area contributed by atoms with Gasteiger partial charge in [-0.1, -0.05) is 65.8 Å². The van der Waals surface area contributed by atoms with Crippen LogP contribution in [0.5, 0.6) is 0 Å². The summed E-state index contributed by atoms with van der Waals surface area (Å²) in [5.74, 6) is 0.813. The van der Waals surface area contributed by atoms with E-state index in [0.29, 0.717) is 18.1 Å². The van der Waals surface area contributed by atoms with Crippen LogP contribution in [0.15, 0.2) is 65.2 Å². The van der Waals surface area contributed by atoms with E-state index in [4.69, 9.17) is 4.52 Å². The van der Waals surface area contributed by atoms with Crippen LogP contribution < -0.4 is 5.32 Å². The van der Waals surface area contributed by atoms with Crippen LogP contribution in [0.3, 0.4) is 0 Å². The first-order valence-electron chi connectivity index (χ1n) is 8.40. The fraction of sp³-hybridized carbons (Fsp3) is 0.250. The Morgan fingerprint density at radius 2 is 1.72 bits per heavy atom. The third kappa shape index (κ3) is 4.76. The molecule has 3 aromatic rings. The van der Waals surface area contributed by atoms with Crippen LogP contribution in [0.1, 0.15) is 35.7 Å². The standard InChI is InChI=1S/C20H21N3O2/c1-15(17-10-6-3-7-11-17)20(24)21-14-18-22-19(25-23-18)13-12-16-8-4-2-5-9-16/h2-11,15H,12-14H2,1H3,(H,21,24)/t15-/m1/s1. The first-order chi connectivity index (χ1) is 12.2. The Bertz CT molecular complexity index is 800. The summed E-state index contributed by atoms with van der Waals surface area (Å²) < 4.78 is 5.25. The monoisotopic (exact) mass is 335 g/mol. The number of hydrogen-bond acceptors (Lipinski definition) is 4. The number of benzene rings is 2. The van der Waals surface area contributed by atoms with E-state index in [1.54, 1.807) is 0 Å².